The first-order valence-electron chi connectivity index (χ1n) is 8.41. The Bertz CT molecular complexity index is 843. The third-order valence-electron chi connectivity index (χ3n) is 4.79. The van der Waals surface area contributed by atoms with Gasteiger partial charge in [-0.05, 0) is 31.2 Å². The molecule has 3 heterocycles. The van der Waals surface area contributed by atoms with E-state index in [9.17, 15) is 5.11 Å². The number of aryl methyl sites for hydroxylation is 1. The average molecular weight is 339 g/mol. The van der Waals surface area contributed by atoms with Crippen LogP contribution in [0.25, 0.3) is 21.3 Å². The van der Waals surface area contributed by atoms with Crippen LogP contribution in [0.1, 0.15) is 18.4 Å². The zero-order chi connectivity index (χ0) is 16.5. The molecule has 0 unspecified atom stereocenters. The van der Waals surface area contributed by atoms with Crippen molar-refractivity contribution in [1.82, 2.24) is 9.97 Å². The molecule has 1 fully saturated rings. The lowest BCUT2D eigenvalue weighted by Gasteiger charge is -2.33. The van der Waals surface area contributed by atoms with E-state index >= 15 is 0 Å². The summed E-state index contributed by atoms with van der Waals surface area (Å²) in [6.07, 6.45) is 3.85. The number of anilines is 1. The molecular weight excluding hydrogens is 318 g/mol. The van der Waals surface area contributed by atoms with Gasteiger partial charge in [-0.25, -0.2) is 9.97 Å². The fourth-order valence-electron chi connectivity index (χ4n) is 3.45. The highest BCUT2D eigenvalue weighted by Gasteiger charge is 2.23. The van der Waals surface area contributed by atoms with Crippen LogP contribution in [-0.2, 0) is 0 Å². The number of hydrogen-bond donors (Lipinski definition) is 1. The van der Waals surface area contributed by atoms with Crippen molar-refractivity contribution in [2.24, 2.45) is 5.92 Å². The lowest BCUT2D eigenvalue weighted by molar-refractivity contribution is 0.208. The zero-order valence-corrected chi connectivity index (χ0v) is 14.6. The van der Waals surface area contributed by atoms with Crippen molar-refractivity contribution < 1.29 is 5.11 Å². The third-order valence-corrected chi connectivity index (χ3v) is 5.68. The first kappa shape index (κ1) is 15.5. The van der Waals surface area contributed by atoms with Gasteiger partial charge >= 0.3 is 0 Å². The second-order valence-corrected chi connectivity index (χ2v) is 7.39. The molecule has 0 saturated carbocycles. The number of piperidine rings is 1. The minimum absolute atomic E-state index is 0.249. The first-order valence-corrected chi connectivity index (χ1v) is 9.29. The van der Waals surface area contributed by atoms with E-state index in [0.717, 1.165) is 42.0 Å². The van der Waals surface area contributed by atoms with E-state index in [1.165, 1.54) is 16.7 Å². The molecule has 4 rings (SSSR count). The SMILES string of the molecule is Cc1ccc(-c2csc3ncnc(N4CCC[C@H](CO)C4)c23)cc1. The number of fused-ring (bicyclic) bond motifs is 1. The fraction of sp³-hybridized carbons (Fsp3) is 0.368. The van der Waals surface area contributed by atoms with E-state index in [0.29, 0.717) is 5.92 Å². The Hall–Kier alpha value is -1.98. The Balaban J connectivity index is 1.81. The van der Waals surface area contributed by atoms with Gasteiger partial charge < -0.3 is 10.0 Å². The second kappa shape index (κ2) is 6.49. The molecular formula is C19H21N3OS. The van der Waals surface area contributed by atoms with E-state index < -0.39 is 0 Å². The second-order valence-electron chi connectivity index (χ2n) is 6.53. The number of aliphatic hydroxyl groups is 1. The van der Waals surface area contributed by atoms with Crippen LogP contribution in [0, 0.1) is 12.8 Å². The molecule has 0 bridgehead atoms. The van der Waals surface area contributed by atoms with Gasteiger partial charge in [0.2, 0.25) is 0 Å². The predicted octanol–water partition coefficient (Wildman–Crippen LogP) is 3.88. The summed E-state index contributed by atoms with van der Waals surface area (Å²) < 4.78 is 0. The lowest BCUT2D eigenvalue weighted by atomic mass is 9.98. The molecule has 1 saturated heterocycles. The summed E-state index contributed by atoms with van der Waals surface area (Å²) >= 11 is 1.67. The molecule has 1 aromatic carbocycles. The van der Waals surface area contributed by atoms with E-state index in [1.807, 2.05) is 0 Å². The summed E-state index contributed by atoms with van der Waals surface area (Å²) in [7, 11) is 0. The first-order chi connectivity index (χ1) is 11.8. The average Bonchev–Trinajstić information content (AvgIpc) is 3.06. The molecule has 5 heteroatoms. The van der Waals surface area contributed by atoms with Crippen molar-refractivity contribution in [3.05, 3.63) is 41.5 Å². The van der Waals surface area contributed by atoms with Crippen LogP contribution in [0.3, 0.4) is 0 Å². The van der Waals surface area contributed by atoms with Crippen LogP contribution in [0.2, 0.25) is 0 Å². The molecule has 1 aliphatic rings. The number of thiophene rings is 1. The number of rotatable bonds is 3. The van der Waals surface area contributed by atoms with Crippen molar-refractivity contribution in [2.45, 2.75) is 19.8 Å². The largest absolute Gasteiger partial charge is 0.396 e. The van der Waals surface area contributed by atoms with Gasteiger partial charge in [-0.2, -0.15) is 0 Å². The Morgan fingerprint density at radius 1 is 1.25 bits per heavy atom. The number of hydrogen-bond acceptors (Lipinski definition) is 5. The molecule has 4 nitrogen and oxygen atoms in total. The Kier molecular flexibility index (Phi) is 4.21. The van der Waals surface area contributed by atoms with Crippen LogP contribution >= 0.6 is 11.3 Å². The van der Waals surface area contributed by atoms with Gasteiger partial charge in [0.25, 0.3) is 0 Å². The predicted molar refractivity (Wildman–Crippen MR) is 99.6 cm³/mol. The molecule has 1 N–H and O–H groups in total. The molecule has 24 heavy (non-hydrogen) atoms. The van der Waals surface area contributed by atoms with E-state index in [-0.39, 0.29) is 6.61 Å². The summed E-state index contributed by atoms with van der Waals surface area (Å²) in [5, 5.41) is 12.9. The van der Waals surface area contributed by atoms with Crippen molar-refractivity contribution in [3.8, 4) is 11.1 Å². The molecule has 0 radical (unpaired) electrons. The molecule has 124 valence electrons. The zero-order valence-electron chi connectivity index (χ0n) is 13.8. The number of benzene rings is 1. The quantitative estimate of drug-likeness (QED) is 0.787. The number of aromatic nitrogens is 2. The van der Waals surface area contributed by atoms with E-state index in [4.69, 9.17) is 0 Å². The van der Waals surface area contributed by atoms with Crippen LogP contribution in [-0.4, -0.2) is 34.8 Å². The Morgan fingerprint density at radius 3 is 2.88 bits per heavy atom. The molecule has 0 aliphatic carbocycles. The maximum absolute atomic E-state index is 9.53. The van der Waals surface area contributed by atoms with Crippen LogP contribution in [0.5, 0.6) is 0 Å². The molecule has 2 aromatic heterocycles. The molecule has 0 spiro atoms. The van der Waals surface area contributed by atoms with Crippen molar-refractivity contribution in [2.75, 3.05) is 24.6 Å². The molecule has 0 amide bonds. The van der Waals surface area contributed by atoms with Gasteiger partial charge in [0.05, 0.1) is 5.39 Å². The summed E-state index contributed by atoms with van der Waals surface area (Å²) in [6, 6.07) is 8.62. The summed E-state index contributed by atoms with van der Waals surface area (Å²) in [6.45, 7) is 4.21. The van der Waals surface area contributed by atoms with Crippen LogP contribution < -0.4 is 4.90 Å². The lowest BCUT2D eigenvalue weighted by Crippen LogP contribution is -2.37. The Labute approximate surface area is 145 Å². The Morgan fingerprint density at radius 2 is 2.08 bits per heavy atom. The van der Waals surface area contributed by atoms with Gasteiger partial charge in [0.15, 0.2) is 0 Å². The van der Waals surface area contributed by atoms with Crippen LogP contribution in [0.4, 0.5) is 5.82 Å². The molecule has 1 aliphatic heterocycles. The minimum atomic E-state index is 0.249. The maximum Gasteiger partial charge on any atom is 0.141 e. The smallest absolute Gasteiger partial charge is 0.141 e. The van der Waals surface area contributed by atoms with Crippen LogP contribution in [0.15, 0.2) is 36.0 Å². The summed E-state index contributed by atoms with van der Waals surface area (Å²) in [4.78, 5) is 12.4. The fourth-order valence-corrected chi connectivity index (χ4v) is 4.36. The van der Waals surface area contributed by atoms with Gasteiger partial charge in [0.1, 0.15) is 17.0 Å². The van der Waals surface area contributed by atoms with Crippen molar-refractivity contribution in [3.63, 3.8) is 0 Å². The monoisotopic (exact) mass is 339 g/mol. The van der Waals surface area contributed by atoms with Gasteiger partial charge in [-0.15, -0.1) is 11.3 Å². The highest BCUT2D eigenvalue weighted by atomic mass is 32.1. The van der Waals surface area contributed by atoms with Crippen molar-refractivity contribution in [1.29, 1.82) is 0 Å². The van der Waals surface area contributed by atoms with Gasteiger partial charge in [0, 0.05) is 30.6 Å². The summed E-state index contributed by atoms with van der Waals surface area (Å²) in [5.41, 5.74) is 3.67. The topological polar surface area (TPSA) is 49.2 Å². The normalized spacial score (nSPS) is 18.2. The molecule has 3 aromatic rings. The van der Waals surface area contributed by atoms with E-state index in [2.05, 4.69) is 51.4 Å². The number of nitrogens with zero attached hydrogens (tertiary/aromatic N) is 3. The highest BCUT2D eigenvalue weighted by molar-refractivity contribution is 7.17. The summed E-state index contributed by atoms with van der Waals surface area (Å²) in [5.74, 6) is 1.35. The standard InChI is InChI=1S/C19H21N3OS/c1-13-4-6-15(7-5-13)16-11-24-19-17(16)18(20-12-21-19)22-8-2-3-14(9-22)10-23/h4-7,11-12,14,23H,2-3,8-10H2,1H3/t14-/m0/s1. The third kappa shape index (κ3) is 2.78. The van der Waals surface area contributed by atoms with Gasteiger partial charge in [-0.3, -0.25) is 0 Å². The minimum Gasteiger partial charge on any atom is -0.396 e. The van der Waals surface area contributed by atoms with Gasteiger partial charge in [-0.1, -0.05) is 29.8 Å². The molecule has 1 atom stereocenters. The van der Waals surface area contributed by atoms with Crippen molar-refractivity contribution >= 4 is 27.4 Å². The maximum atomic E-state index is 9.53. The number of aliphatic hydroxyl groups excluding tert-OH is 1. The van der Waals surface area contributed by atoms with E-state index in [1.54, 1.807) is 17.7 Å². The highest BCUT2D eigenvalue weighted by Crippen LogP contribution is 2.38.